The van der Waals surface area contributed by atoms with E-state index in [1.165, 1.54) is 4.90 Å². The van der Waals surface area contributed by atoms with E-state index in [4.69, 9.17) is 4.74 Å². The van der Waals surface area contributed by atoms with Gasteiger partial charge in [0.2, 0.25) is 0 Å². The predicted molar refractivity (Wildman–Crippen MR) is 105 cm³/mol. The van der Waals surface area contributed by atoms with E-state index in [9.17, 15) is 9.59 Å². The summed E-state index contributed by atoms with van der Waals surface area (Å²) in [6.07, 6.45) is 6.56. The van der Waals surface area contributed by atoms with Crippen molar-refractivity contribution in [1.29, 1.82) is 0 Å². The Bertz CT molecular complexity index is 900. The van der Waals surface area contributed by atoms with Crippen molar-refractivity contribution in [3.63, 3.8) is 0 Å². The van der Waals surface area contributed by atoms with Crippen LogP contribution in [0.25, 0.3) is 5.57 Å². The number of carbonyl (C=O) groups is 2. The second-order valence-electron chi connectivity index (χ2n) is 7.05. The highest BCUT2D eigenvalue weighted by Crippen LogP contribution is 2.34. The van der Waals surface area contributed by atoms with Gasteiger partial charge in [0.25, 0.3) is 11.8 Å². The van der Waals surface area contributed by atoms with Gasteiger partial charge in [-0.15, -0.1) is 0 Å². The number of hydrogen-bond acceptors (Lipinski definition) is 5. The van der Waals surface area contributed by atoms with Crippen molar-refractivity contribution in [2.45, 2.75) is 25.8 Å². The summed E-state index contributed by atoms with van der Waals surface area (Å²) in [5.41, 5.74) is 2.65. The number of pyridine rings is 1. The monoisotopic (exact) mass is 377 g/mol. The fourth-order valence-corrected chi connectivity index (χ4v) is 3.81. The Morgan fingerprint density at radius 1 is 0.929 bits per heavy atom. The maximum atomic E-state index is 13.3. The van der Waals surface area contributed by atoms with E-state index in [2.05, 4.69) is 9.88 Å². The van der Waals surface area contributed by atoms with Crippen molar-refractivity contribution in [3.8, 4) is 5.75 Å². The third kappa shape index (κ3) is 3.38. The molecule has 144 valence electrons. The highest BCUT2D eigenvalue weighted by molar-refractivity contribution is 6.35. The van der Waals surface area contributed by atoms with Gasteiger partial charge in [-0.05, 0) is 54.7 Å². The first-order valence-electron chi connectivity index (χ1n) is 9.58. The summed E-state index contributed by atoms with van der Waals surface area (Å²) in [4.78, 5) is 34.0. The van der Waals surface area contributed by atoms with Crippen LogP contribution in [-0.4, -0.2) is 46.8 Å². The molecule has 1 aromatic carbocycles. The molecule has 0 N–H and O–H groups in total. The summed E-state index contributed by atoms with van der Waals surface area (Å²) >= 11 is 0. The van der Waals surface area contributed by atoms with Gasteiger partial charge >= 0.3 is 0 Å². The number of methoxy groups -OCH3 is 1. The Morgan fingerprint density at radius 3 is 2.25 bits per heavy atom. The molecule has 0 saturated carbocycles. The number of carbonyl (C=O) groups excluding carboxylic acids is 2. The highest BCUT2D eigenvalue weighted by Gasteiger charge is 2.41. The molecule has 0 bridgehead atoms. The van der Waals surface area contributed by atoms with E-state index in [0.29, 0.717) is 17.0 Å². The number of amides is 2. The number of aromatic nitrogens is 1. The van der Waals surface area contributed by atoms with Crippen LogP contribution in [0.4, 0.5) is 0 Å². The van der Waals surface area contributed by atoms with E-state index in [-0.39, 0.29) is 18.4 Å². The molecule has 1 saturated heterocycles. The molecule has 1 fully saturated rings. The molecular formula is C22H23N3O3. The summed E-state index contributed by atoms with van der Waals surface area (Å²) in [6.45, 7) is 1.85. The van der Waals surface area contributed by atoms with E-state index in [1.807, 2.05) is 36.4 Å². The minimum Gasteiger partial charge on any atom is -0.497 e. The zero-order chi connectivity index (χ0) is 19.5. The molecule has 0 spiro atoms. The van der Waals surface area contributed by atoms with Crippen LogP contribution in [0.1, 0.15) is 30.4 Å². The lowest BCUT2D eigenvalue weighted by Crippen LogP contribution is -2.36. The van der Waals surface area contributed by atoms with Crippen LogP contribution >= 0.6 is 0 Å². The molecule has 0 unspecified atom stereocenters. The molecule has 3 heterocycles. The molecule has 2 aliphatic rings. The standard InChI is InChI=1S/C22H23N3O3/c1-28-18-7-5-17(6-8-18)19-20(24-13-3-2-4-14-24)22(27)25(21(19)26)15-16-9-11-23-12-10-16/h5-12H,2-4,13-15H2,1H3. The Balaban J connectivity index is 1.73. The van der Waals surface area contributed by atoms with Crippen molar-refractivity contribution in [2.24, 2.45) is 0 Å². The highest BCUT2D eigenvalue weighted by atomic mass is 16.5. The molecule has 0 atom stereocenters. The summed E-state index contributed by atoms with van der Waals surface area (Å²) in [5, 5.41) is 0. The Labute approximate surface area is 164 Å². The van der Waals surface area contributed by atoms with Gasteiger partial charge in [-0.25, -0.2) is 0 Å². The van der Waals surface area contributed by atoms with Crippen LogP contribution in [0.15, 0.2) is 54.5 Å². The average molecular weight is 377 g/mol. The number of imide groups is 1. The number of ether oxygens (including phenoxy) is 1. The maximum absolute atomic E-state index is 13.3. The Morgan fingerprint density at radius 2 is 1.61 bits per heavy atom. The number of hydrogen-bond donors (Lipinski definition) is 0. The van der Waals surface area contributed by atoms with Gasteiger partial charge in [-0.1, -0.05) is 12.1 Å². The summed E-state index contributed by atoms with van der Waals surface area (Å²) < 4.78 is 5.23. The van der Waals surface area contributed by atoms with Crippen LogP contribution in [0.5, 0.6) is 5.75 Å². The van der Waals surface area contributed by atoms with Crippen LogP contribution in [0, 0.1) is 0 Å². The molecule has 0 radical (unpaired) electrons. The molecule has 1 aromatic heterocycles. The lowest BCUT2D eigenvalue weighted by Gasteiger charge is -2.29. The van der Waals surface area contributed by atoms with Gasteiger partial charge < -0.3 is 9.64 Å². The third-order valence-electron chi connectivity index (χ3n) is 5.28. The summed E-state index contributed by atoms with van der Waals surface area (Å²) in [5.74, 6) is 0.261. The Kier molecular flexibility index (Phi) is 5.10. The Hall–Kier alpha value is -3.15. The first-order valence-corrected chi connectivity index (χ1v) is 9.58. The lowest BCUT2D eigenvalue weighted by molar-refractivity contribution is -0.138. The van der Waals surface area contributed by atoms with Gasteiger partial charge in [0, 0.05) is 25.5 Å². The second kappa shape index (κ2) is 7.84. The number of likely N-dealkylation sites (tertiary alicyclic amines) is 1. The van der Waals surface area contributed by atoms with E-state index in [1.54, 1.807) is 19.5 Å². The maximum Gasteiger partial charge on any atom is 0.278 e. The van der Waals surface area contributed by atoms with Gasteiger partial charge in [0.1, 0.15) is 11.4 Å². The van der Waals surface area contributed by atoms with Gasteiger partial charge in [0.15, 0.2) is 0 Å². The lowest BCUT2D eigenvalue weighted by atomic mass is 10.0. The van der Waals surface area contributed by atoms with Crippen LogP contribution < -0.4 is 4.74 Å². The minimum atomic E-state index is -0.243. The predicted octanol–water partition coefficient (Wildman–Crippen LogP) is 2.86. The molecule has 28 heavy (non-hydrogen) atoms. The van der Waals surface area contributed by atoms with E-state index >= 15 is 0 Å². The largest absolute Gasteiger partial charge is 0.497 e. The van der Waals surface area contributed by atoms with Crippen molar-refractivity contribution in [1.82, 2.24) is 14.8 Å². The van der Waals surface area contributed by atoms with E-state index < -0.39 is 0 Å². The van der Waals surface area contributed by atoms with Crippen molar-refractivity contribution in [3.05, 3.63) is 65.6 Å². The summed E-state index contributed by atoms with van der Waals surface area (Å²) in [6, 6.07) is 11.0. The molecule has 6 nitrogen and oxygen atoms in total. The molecule has 0 aliphatic carbocycles. The smallest absolute Gasteiger partial charge is 0.278 e. The van der Waals surface area contributed by atoms with Crippen LogP contribution in [-0.2, 0) is 16.1 Å². The first kappa shape index (κ1) is 18.2. The zero-order valence-corrected chi connectivity index (χ0v) is 15.9. The average Bonchev–Trinajstić information content (AvgIpc) is 3.00. The number of piperidine rings is 1. The molecule has 2 aliphatic heterocycles. The number of nitrogens with zero attached hydrogens (tertiary/aromatic N) is 3. The van der Waals surface area contributed by atoms with E-state index in [0.717, 1.165) is 43.5 Å². The fourth-order valence-electron chi connectivity index (χ4n) is 3.81. The summed E-state index contributed by atoms with van der Waals surface area (Å²) in [7, 11) is 1.61. The normalized spacial score (nSPS) is 17.5. The molecule has 2 aromatic rings. The third-order valence-corrected chi connectivity index (χ3v) is 5.28. The van der Waals surface area contributed by atoms with Gasteiger partial charge in [0.05, 0.1) is 19.2 Å². The van der Waals surface area contributed by atoms with Crippen molar-refractivity contribution >= 4 is 17.4 Å². The molecule has 4 rings (SSSR count). The van der Waals surface area contributed by atoms with Gasteiger partial charge in [-0.3, -0.25) is 19.5 Å². The minimum absolute atomic E-state index is 0.213. The topological polar surface area (TPSA) is 62.7 Å². The van der Waals surface area contributed by atoms with Gasteiger partial charge in [-0.2, -0.15) is 0 Å². The molecule has 6 heteroatoms. The molecular weight excluding hydrogens is 354 g/mol. The first-order chi connectivity index (χ1) is 13.7. The number of benzene rings is 1. The van der Waals surface area contributed by atoms with Crippen LogP contribution in [0.2, 0.25) is 0 Å². The van der Waals surface area contributed by atoms with Crippen molar-refractivity contribution in [2.75, 3.05) is 20.2 Å². The number of rotatable bonds is 5. The zero-order valence-electron chi connectivity index (χ0n) is 15.9. The van der Waals surface area contributed by atoms with Crippen molar-refractivity contribution < 1.29 is 14.3 Å². The second-order valence-corrected chi connectivity index (χ2v) is 7.05. The quantitative estimate of drug-likeness (QED) is 0.750. The SMILES string of the molecule is COc1ccc(C2=C(N3CCCCC3)C(=O)N(Cc3ccncc3)C2=O)cc1. The van der Waals surface area contributed by atoms with Crippen LogP contribution in [0.3, 0.4) is 0 Å². The fraction of sp³-hybridized carbons (Fsp3) is 0.318. The molecule has 2 amide bonds.